The van der Waals surface area contributed by atoms with Crippen LogP contribution in [0, 0.1) is 5.92 Å². The Bertz CT molecular complexity index is 166. The lowest BCUT2D eigenvalue weighted by Gasteiger charge is -2.26. The number of hydrogen-bond acceptors (Lipinski definition) is 4. The fourth-order valence-electron chi connectivity index (χ4n) is 1.63. The van der Waals surface area contributed by atoms with Crippen LogP contribution >= 0.6 is 0 Å². The molecule has 2 atom stereocenters. The van der Waals surface area contributed by atoms with Crippen molar-refractivity contribution in [3.63, 3.8) is 0 Å². The number of ether oxygens (including phenoxy) is 1. The van der Waals surface area contributed by atoms with Gasteiger partial charge >= 0.3 is 5.97 Å². The predicted octanol–water partition coefficient (Wildman–Crippen LogP) is -0.0900. The molecule has 0 radical (unpaired) electrons. The first-order valence-corrected chi connectivity index (χ1v) is 4.69. The van der Waals surface area contributed by atoms with Gasteiger partial charge in [0.2, 0.25) is 0 Å². The summed E-state index contributed by atoms with van der Waals surface area (Å²) in [6, 6.07) is 0. The van der Waals surface area contributed by atoms with Gasteiger partial charge in [-0.05, 0) is 25.3 Å². The Labute approximate surface area is 78.3 Å². The summed E-state index contributed by atoms with van der Waals surface area (Å²) >= 11 is 0. The van der Waals surface area contributed by atoms with Crippen LogP contribution in [0.25, 0.3) is 0 Å². The molecule has 0 bridgehead atoms. The molecule has 1 aliphatic heterocycles. The van der Waals surface area contributed by atoms with E-state index in [1.54, 1.807) is 0 Å². The number of carbonyl (C=O) groups is 1. The van der Waals surface area contributed by atoms with Crippen LogP contribution in [-0.2, 0) is 9.53 Å². The minimum absolute atomic E-state index is 0.114. The zero-order chi connectivity index (χ0) is 9.68. The monoisotopic (exact) mass is 187 g/mol. The van der Waals surface area contributed by atoms with Gasteiger partial charge in [0, 0.05) is 6.54 Å². The Kier molecular flexibility index (Phi) is 4.18. The van der Waals surface area contributed by atoms with E-state index in [4.69, 9.17) is 0 Å². The lowest BCUT2D eigenvalue weighted by atomic mass is 9.92. The summed E-state index contributed by atoms with van der Waals surface area (Å²) in [6.07, 6.45) is 1.62. The van der Waals surface area contributed by atoms with Crippen LogP contribution in [0.3, 0.4) is 0 Å². The van der Waals surface area contributed by atoms with E-state index in [9.17, 15) is 9.90 Å². The minimum atomic E-state index is -0.555. The number of aliphatic hydroxyl groups excluding tert-OH is 1. The van der Waals surface area contributed by atoms with Gasteiger partial charge in [-0.25, -0.2) is 0 Å². The maximum atomic E-state index is 10.9. The van der Waals surface area contributed by atoms with Gasteiger partial charge in [0.15, 0.2) is 0 Å². The Morgan fingerprint density at radius 2 is 2.54 bits per heavy atom. The van der Waals surface area contributed by atoms with Crippen molar-refractivity contribution < 1.29 is 14.6 Å². The van der Waals surface area contributed by atoms with Crippen molar-refractivity contribution in [1.29, 1.82) is 0 Å². The number of esters is 1. The highest BCUT2D eigenvalue weighted by molar-refractivity contribution is 5.69. The van der Waals surface area contributed by atoms with Gasteiger partial charge < -0.3 is 15.2 Å². The summed E-state index contributed by atoms with van der Waals surface area (Å²) in [5.74, 6) is -0.133. The van der Waals surface area contributed by atoms with Gasteiger partial charge in [0.25, 0.3) is 0 Å². The molecule has 76 valence electrons. The van der Waals surface area contributed by atoms with Crippen molar-refractivity contribution in [2.75, 3.05) is 20.2 Å². The maximum absolute atomic E-state index is 10.9. The van der Waals surface area contributed by atoms with Crippen LogP contribution in [0.4, 0.5) is 0 Å². The van der Waals surface area contributed by atoms with Crippen LogP contribution in [0.5, 0.6) is 0 Å². The average Bonchev–Trinajstić information content (AvgIpc) is 2.19. The summed E-state index contributed by atoms with van der Waals surface area (Å²) in [7, 11) is 1.34. The number of methoxy groups -OCH3 is 1. The normalized spacial score (nSPS) is 25.2. The van der Waals surface area contributed by atoms with E-state index >= 15 is 0 Å². The van der Waals surface area contributed by atoms with Crippen molar-refractivity contribution >= 4 is 5.97 Å². The number of carbonyl (C=O) groups excluding carboxylic acids is 1. The van der Waals surface area contributed by atoms with Crippen LogP contribution in [0.2, 0.25) is 0 Å². The molecule has 1 heterocycles. The van der Waals surface area contributed by atoms with Crippen molar-refractivity contribution in [2.45, 2.75) is 25.4 Å². The van der Waals surface area contributed by atoms with Gasteiger partial charge in [0.05, 0.1) is 19.6 Å². The third kappa shape index (κ3) is 3.32. The number of aliphatic hydroxyl groups is 1. The molecule has 0 saturated carbocycles. The van der Waals surface area contributed by atoms with Crippen LogP contribution < -0.4 is 5.32 Å². The van der Waals surface area contributed by atoms with Crippen LogP contribution in [0.1, 0.15) is 19.3 Å². The molecule has 1 saturated heterocycles. The third-order valence-corrected chi connectivity index (χ3v) is 2.48. The Morgan fingerprint density at radius 1 is 1.77 bits per heavy atom. The first kappa shape index (κ1) is 10.5. The lowest BCUT2D eigenvalue weighted by Crippen LogP contribution is -2.37. The fourth-order valence-corrected chi connectivity index (χ4v) is 1.63. The van der Waals surface area contributed by atoms with Crippen molar-refractivity contribution in [3.8, 4) is 0 Å². The largest absolute Gasteiger partial charge is 0.469 e. The number of rotatable bonds is 3. The molecular formula is C9H17NO3. The number of piperidine rings is 1. The standard InChI is InChI=1S/C9H17NO3/c1-13-9(12)5-8(11)7-3-2-4-10-6-7/h7-8,10-11H,2-6H2,1H3. The van der Waals surface area contributed by atoms with Gasteiger partial charge in [0.1, 0.15) is 0 Å². The average molecular weight is 187 g/mol. The molecule has 0 aromatic carbocycles. The van der Waals surface area contributed by atoms with Crippen LogP contribution in [0.15, 0.2) is 0 Å². The first-order chi connectivity index (χ1) is 6.24. The second-order valence-electron chi connectivity index (χ2n) is 3.45. The second kappa shape index (κ2) is 5.19. The molecule has 0 aromatic rings. The zero-order valence-corrected chi connectivity index (χ0v) is 7.95. The second-order valence-corrected chi connectivity index (χ2v) is 3.45. The first-order valence-electron chi connectivity index (χ1n) is 4.69. The highest BCUT2D eigenvalue weighted by Gasteiger charge is 2.23. The van der Waals surface area contributed by atoms with Crippen molar-refractivity contribution in [2.24, 2.45) is 5.92 Å². The van der Waals surface area contributed by atoms with Gasteiger partial charge in [-0.3, -0.25) is 4.79 Å². The van der Waals surface area contributed by atoms with Crippen LogP contribution in [-0.4, -0.2) is 37.4 Å². The summed E-state index contributed by atoms with van der Waals surface area (Å²) < 4.78 is 4.49. The molecule has 1 aliphatic rings. The third-order valence-electron chi connectivity index (χ3n) is 2.48. The summed E-state index contributed by atoms with van der Waals surface area (Å²) in [5.41, 5.74) is 0. The molecule has 1 fully saturated rings. The quantitative estimate of drug-likeness (QED) is 0.606. The Balaban J connectivity index is 2.28. The van der Waals surface area contributed by atoms with Gasteiger partial charge in [-0.1, -0.05) is 0 Å². The highest BCUT2D eigenvalue weighted by Crippen LogP contribution is 2.16. The molecule has 4 heteroatoms. The van der Waals surface area contributed by atoms with E-state index < -0.39 is 6.10 Å². The molecular weight excluding hydrogens is 170 g/mol. The summed E-state index contributed by atoms with van der Waals surface area (Å²) in [4.78, 5) is 10.9. The smallest absolute Gasteiger partial charge is 0.308 e. The minimum Gasteiger partial charge on any atom is -0.469 e. The summed E-state index contributed by atoms with van der Waals surface area (Å²) in [5, 5.41) is 12.8. The molecule has 2 unspecified atom stereocenters. The van der Waals surface area contributed by atoms with E-state index in [0.717, 1.165) is 25.9 Å². The van der Waals surface area contributed by atoms with E-state index in [2.05, 4.69) is 10.1 Å². The summed E-state index contributed by atoms with van der Waals surface area (Å²) in [6.45, 7) is 1.82. The molecule has 2 N–H and O–H groups in total. The predicted molar refractivity (Wildman–Crippen MR) is 48.2 cm³/mol. The molecule has 0 aromatic heterocycles. The Hall–Kier alpha value is -0.610. The fraction of sp³-hybridized carbons (Fsp3) is 0.889. The number of nitrogens with one attached hydrogen (secondary N) is 1. The molecule has 0 spiro atoms. The molecule has 1 rings (SSSR count). The topological polar surface area (TPSA) is 58.6 Å². The molecule has 13 heavy (non-hydrogen) atoms. The van der Waals surface area contributed by atoms with E-state index in [1.165, 1.54) is 7.11 Å². The zero-order valence-electron chi connectivity index (χ0n) is 7.95. The number of hydrogen-bond donors (Lipinski definition) is 2. The van der Waals surface area contributed by atoms with Crippen molar-refractivity contribution in [3.05, 3.63) is 0 Å². The van der Waals surface area contributed by atoms with E-state index in [1.807, 2.05) is 0 Å². The lowest BCUT2D eigenvalue weighted by molar-refractivity contribution is -0.143. The molecule has 0 amide bonds. The van der Waals surface area contributed by atoms with Gasteiger partial charge in [-0.15, -0.1) is 0 Å². The molecule has 0 aliphatic carbocycles. The SMILES string of the molecule is COC(=O)CC(O)C1CCCNC1. The Morgan fingerprint density at radius 3 is 3.08 bits per heavy atom. The maximum Gasteiger partial charge on any atom is 0.308 e. The molecule has 4 nitrogen and oxygen atoms in total. The van der Waals surface area contributed by atoms with Crippen molar-refractivity contribution in [1.82, 2.24) is 5.32 Å². The van der Waals surface area contributed by atoms with Gasteiger partial charge in [-0.2, -0.15) is 0 Å². The van der Waals surface area contributed by atoms with E-state index in [-0.39, 0.29) is 18.3 Å². The van der Waals surface area contributed by atoms with E-state index in [0.29, 0.717) is 0 Å². The highest BCUT2D eigenvalue weighted by atomic mass is 16.5.